The molecule has 2 heterocycles. The molecule has 0 aromatic heterocycles. The largest absolute Gasteiger partial charge is 0.493 e. The lowest BCUT2D eigenvalue weighted by Crippen LogP contribution is -2.47. The van der Waals surface area contributed by atoms with Crippen LogP contribution in [0.3, 0.4) is 0 Å². The first-order valence-electron chi connectivity index (χ1n) is 7.84. The average Bonchev–Trinajstić information content (AvgIpc) is 2.47. The van der Waals surface area contributed by atoms with E-state index < -0.39 is 0 Å². The Morgan fingerprint density at radius 1 is 1.25 bits per heavy atom. The minimum atomic E-state index is 0.198. The highest BCUT2D eigenvalue weighted by atomic mass is 16.5. The fourth-order valence-electron chi connectivity index (χ4n) is 3.30. The summed E-state index contributed by atoms with van der Waals surface area (Å²) in [5.74, 6) is 1.10. The first-order valence-corrected chi connectivity index (χ1v) is 7.84. The van der Waals surface area contributed by atoms with Crippen molar-refractivity contribution < 1.29 is 4.74 Å². The lowest BCUT2D eigenvalue weighted by molar-refractivity contribution is 0.199. The standard InChI is InChI=1S/C17H26N2O/c1-17(2,13-19-9-7-18-8-10-19)15-5-6-16-14(12-15)4-3-11-20-16/h5-6,12,18H,3-4,7-11,13H2,1-2H3. The fourth-order valence-corrected chi connectivity index (χ4v) is 3.30. The van der Waals surface area contributed by atoms with Crippen molar-refractivity contribution in [3.05, 3.63) is 29.3 Å². The van der Waals surface area contributed by atoms with Crippen molar-refractivity contribution in [3.8, 4) is 5.75 Å². The Hall–Kier alpha value is -1.06. The highest BCUT2D eigenvalue weighted by molar-refractivity contribution is 5.41. The summed E-state index contributed by atoms with van der Waals surface area (Å²) >= 11 is 0. The third-order valence-corrected chi connectivity index (χ3v) is 4.52. The summed E-state index contributed by atoms with van der Waals surface area (Å²) in [5, 5.41) is 3.42. The Labute approximate surface area is 122 Å². The number of aryl methyl sites for hydroxylation is 1. The molecule has 0 unspecified atom stereocenters. The van der Waals surface area contributed by atoms with Gasteiger partial charge in [-0.3, -0.25) is 4.90 Å². The van der Waals surface area contributed by atoms with Gasteiger partial charge >= 0.3 is 0 Å². The Balaban J connectivity index is 1.75. The van der Waals surface area contributed by atoms with Crippen LogP contribution in [0.5, 0.6) is 5.75 Å². The SMILES string of the molecule is CC(C)(CN1CCNCC1)c1ccc2c(c1)CCCO2. The van der Waals surface area contributed by atoms with Crippen molar-refractivity contribution in [1.82, 2.24) is 10.2 Å². The quantitative estimate of drug-likeness (QED) is 0.914. The Kier molecular flexibility index (Phi) is 3.99. The van der Waals surface area contributed by atoms with Crippen LogP contribution in [0.4, 0.5) is 0 Å². The second-order valence-corrected chi connectivity index (χ2v) is 6.68. The molecule has 3 heteroatoms. The molecule has 3 nitrogen and oxygen atoms in total. The second kappa shape index (κ2) is 5.74. The van der Waals surface area contributed by atoms with E-state index >= 15 is 0 Å². The van der Waals surface area contributed by atoms with Crippen LogP contribution in [0.2, 0.25) is 0 Å². The lowest BCUT2D eigenvalue weighted by atomic mass is 9.82. The average molecular weight is 274 g/mol. The number of benzene rings is 1. The Morgan fingerprint density at radius 2 is 2.05 bits per heavy atom. The molecule has 0 atom stereocenters. The van der Waals surface area contributed by atoms with E-state index in [-0.39, 0.29) is 5.41 Å². The monoisotopic (exact) mass is 274 g/mol. The van der Waals surface area contributed by atoms with Gasteiger partial charge in [0.05, 0.1) is 6.61 Å². The highest BCUT2D eigenvalue weighted by Gasteiger charge is 2.26. The first-order chi connectivity index (χ1) is 9.65. The third-order valence-electron chi connectivity index (χ3n) is 4.52. The number of ether oxygens (including phenoxy) is 1. The van der Waals surface area contributed by atoms with Crippen molar-refractivity contribution in [2.24, 2.45) is 0 Å². The van der Waals surface area contributed by atoms with E-state index in [0.29, 0.717) is 0 Å². The van der Waals surface area contributed by atoms with E-state index in [1.165, 1.54) is 11.1 Å². The molecular formula is C17H26N2O. The van der Waals surface area contributed by atoms with E-state index in [1.807, 2.05) is 0 Å². The molecule has 1 saturated heterocycles. The zero-order chi connectivity index (χ0) is 14.0. The smallest absolute Gasteiger partial charge is 0.122 e. The van der Waals surface area contributed by atoms with Crippen LogP contribution < -0.4 is 10.1 Å². The summed E-state index contributed by atoms with van der Waals surface area (Å²) in [6.07, 6.45) is 2.31. The number of rotatable bonds is 3. The lowest BCUT2D eigenvalue weighted by Gasteiger charge is -2.36. The summed E-state index contributed by atoms with van der Waals surface area (Å²) < 4.78 is 5.72. The normalized spacial score (nSPS) is 20.3. The molecule has 2 aliphatic heterocycles. The maximum Gasteiger partial charge on any atom is 0.122 e. The van der Waals surface area contributed by atoms with Gasteiger partial charge in [0.2, 0.25) is 0 Å². The summed E-state index contributed by atoms with van der Waals surface area (Å²) in [5.41, 5.74) is 3.03. The van der Waals surface area contributed by atoms with Crippen molar-refractivity contribution in [2.75, 3.05) is 39.3 Å². The first kappa shape index (κ1) is 13.9. The molecule has 20 heavy (non-hydrogen) atoms. The minimum Gasteiger partial charge on any atom is -0.493 e. The van der Waals surface area contributed by atoms with Gasteiger partial charge in [-0.25, -0.2) is 0 Å². The van der Waals surface area contributed by atoms with Gasteiger partial charge in [0.1, 0.15) is 5.75 Å². The molecule has 0 radical (unpaired) electrons. The number of hydrogen-bond acceptors (Lipinski definition) is 3. The second-order valence-electron chi connectivity index (χ2n) is 6.68. The van der Waals surface area contributed by atoms with Crippen molar-refractivity contribution in [1.29, 1.82) is 0 Å². The molecule has 3 rings (SSSR count). The van der Waals surface area contributed by atoms with Gasteiger partial charge in [-0.05, 0) is 30.0 Å². The summed E-state index contributed by atoms with van der Waals surface area (Å²) in [6, 6.07) is 6.80. The zero-order valence-electron chi connectivity index (χ0n) is 12.7. The summed E-state index contributed by atoms with van der Waals surface area (Å²) in [6.45, 7) is 11.3. The molecule has 110 valence electrons. The highest BCUT2D eigenvalue weighted by Crippen LogP contribution is 2.31. The third kappa shape index (κ3) is 2.99. The summed E-state index contributed by atoms with van der Waals surface area (Å²) in [7, 11) is 0. The van der Waals surface area contributed by atoms with Crippen molar-refractivity contribution >= 4 is 0 Å². The molecule has 1 aromatic carbocycles. The number of nitrogens with one attached hydrogen (secondary N) is 1. The van der Waals surface area contributed by atoms with E-state index in [2.05, 4.69) is 42.3 Å². The molecule has 0 spiro atoms. The van der Waals surface area contributed by atoms with Crippen LogP contribution in [0.25, 0.3) is 0 Å². The topological polar surface area (TPSA) is 24.5 Å². The van der Waals surface area contributed by atoms with Gasteiger partial charge in [-0.1, -0.05) is 26.0 Å². The molecule has 0 bridgehead atoms. The van der Waals surface area contributed by atoms with Gasteiger partial charge in [-0.2, -0.15) is 0 Å². The Morgan fingerprint density at radius 3 is 2.85 bits per heavy atom. The molecule has 1 N–H and O–H groups in total. The molecule has 0 saturated carbocycles. The molecule has 0 aliphatic carbocycles. The zero-order valence-corrected chi connectivity index (χ0v) is 12.7. The minimum absolute atomic E-state index is 0.198. The van der Waals surface area contributed by atoms with Crippen LogP contribution in [0.15, 0.2) is 18.2 Å². The fraction of sp³-hybridized carbons (Fsp3) is 0.647. The van der Waals surface area contributed by atoms with Crippen molar-refractivity contribution in [2.45, 2.75) is 32.1 Å². The van der Waals surface area contributed by atoms with Crippen molar-refractivity contribution in [3.63, 3.8) is 0 Å². The number of piperazine rings is 1. The number of hydrogen-bond donors (Lipinski definition) is 1. The van der Waals surface area contributed by atoms with Crippen LogP contribution in [-0.4, -0.2) is 44.2 Å². The van der Waals surface area contributed by atoms with Crippen LogP contribution >= 0.6 is 0 Å². The van der Waals surface area contributed by atoms with Crippen LogP contribution in [0.1, 0.15) is 31.4 Å². The van der Waals surface area contributed by atoms with E-state index in [4.69, 9.17) is 4.74 Å². The maximum absolute atomic E-state index is 5.72. The van der Waals surface area contributed by atoms with Gasteiger partial charge in [0, 0.05) is 38.1 Å². The van der Waals surface area contributed by atoms with Gasteiger partial charge < -0.3 is 10.1 Å². The van der Waals surface area contributed by atoms with E-state index in [0.717, 1.165) is 57.9 Å². The van der Waals surface area contributed by atoms with Crippen LogP contribution in [0, 0.1) is 0 Å². The molecular weight excluding hydrogens is 248 g/mol. The van der Waals surface area contributed by atoms with E-state index in [1.54, 1.807) is 0 Å². The predicted molar refractivity (Wildman–Crippen MR) is 82.6 cm³/mol. The van der Waals surface area contributed by atoms with Gasteiger partial charge in [0.25, 0.3) is 0 Å². The molecule has 1 fully saturated rings. The Bertz CT molecular complexity index is 464. The van der Waals surface area contributed by atoms with Gasteiger partial charge in [-0.15, -0.1) is 0 Å². The van der Waals surface area contributed by atoms with Gasteiger partial charge in [0.15, 0.2) is 0 Å². The number of nitrogens with zero attached hydrogens (tertiary/aromatic N) is 1. The van der Waals surface area contributed by atoms with Crippen LogP contribution in [-0.2, 0) is 11.8 Å². The molecule has 1 aromatic rings. The molecule has 0 amide bonds. The number of fused-ring (bicyclic) bond motifs is 1. The van der Waals surface area contributed by atoms with E-state index in [9.17, 15) is 0 Å². The molecule has 2 aliphatic rings. The summed E-state index contributed by atoms with van der Waals surface area (Å²) in [4.78, 5) is 2.58. The maximum atomic E-state index is 5.72. The predicted octanol–water partition coefficient (Wildman–Crippen LogP) is 2.19.